The molecule has 0 fully saturated rings. The van der Waals surface area contributed by atoms with Crippen LogP contribution in [0.1, 0.15) is 11.1 Å². The molecule has 1 aromatic heterocycles. The van der Waals surface area contributed by atoms with Crippen molar-refractivity contribution in [3.8, 4) is 22.6 Å². The molecule has 0 N–H and O–H groups in total. The minimum absolute atomic E-state index is 0.888. The Balaban J connectivity index is 1.33. The Bertz CT molecular complexity index is 1740. The van der Waals surface area contributed by atoms with Gasteiger partial charge in [0.05, 0.1) is 11.4 Å². The number of aryl methyl sites for hydroxylation is 3. The Hall–Kier alpha value is -4.50. The first-order valence-electron chi connectivity index (χ1n) is 12.3. The van der Waals surface area contributed by atoms with E-state index in [2.05, 4.69) is 133 Å². The number of rotatable bonds is 2. The molecule has 0 bridgehead atoms. The Morgan fingerprint density at radius 2 is 1.17 bits per heavy atom. The van der Waals surface area contributed by atoms with Crippen molar-refractivity contribution in [1.29, 1.82) is 0 Å². The highest BCUT2D eigenvalue weighted by molar-refractivity contribution is 6.09. The first-order chi connectivity index (χ1) is 17.6. The van der Waals surface area contributed by atoms with Gasteiger partial charge in [-0.1, -0.05) is 48.5 Å². The summed E-state index contributed by atoms with van der Waals surface area (Å²) in [7, 11) is 2.14. The fourth-order valence-corrected chi connectivity index (χ4v) is 5.45. The molecule has 0 amide bonds. The highest BCUT2D eigenvalue weighted by atomic mass is 16.5. The van der Waals surface area contributed by atoms with Gasteiger partial charge in [-0.3, -0.25) is 0 Å². The van der Waals surface area contributed by atoms with Gasteiger partial charge < -0.3 is 14.2 Å². The summed E-state index contributed by atoms with van der Waals surface area (Å²) in [5.41, 5.74) is 10.5. The third-order valence-electron chi connectivity index (χ3n) is 7.30. The van der Waals surface area contributed by atoms with E-state index in [0.717, 1.165) is 28.6 Å². The highest BCUT2D eigenvalue weighted by Crippen LogP contribution is 2.51. The van der Waals surface area contributed by atoms with Crippen LogP contribution in [0.5, 0.6) is 11.5 Å². The Morgan fingerprint density at radius 1 is 0.556 bits per heavy atom. The average molecular weight is 467 g/mol. The van der Waals surface area contributed by atoms with Crippen molar-refractivity contribution in [3.05, 3.63) is 114 Å². The van der Waals surface area contributed by atoms with Gasteiger partial charge in [-0.05, 0) is 90.7 Å². The van der Waals surface area contributed by atoms with Gasteiger partial charge >= 0.3 is 0 Å². The lowest BCUT2D eigenvalue weighted by atomic mass is 10.0. The Morgan fingerprint density at radius 3 is 1.86 bits per heavy atom. The number of aromatic nitrogens is 1. The molecule has 0 saturated carbocycles. The highest BCUT2D eigenvalue weighted by Gasteiger charge is 2.26. The normalized spacial score (nSPS) is 12.5. The van der Waals surface area contributed by atoms with E-state index >= 15 is 0 Å². The number of hydrogen-bond donors (Lipinski definition) is 0. The SMILES string of the molecule is Cc1ccc2c(c1)Oc1cc(C)ccc1N2c1ccc(-c2ccc3c(c2)c2ccccc2n3C)cc1. The summed E-state index contributed by atoms with van der Waals surface area (Å²) in [5.74, 6) is 1.78. The molecule has 174 valence electrons. The van der Waals surface area contributed by atoms with Crippen LogP contribution < -0.4 is 9.64 Å². The third-order valence-corrected chi connectivity index (χ3v) is 7.30. The number of benzene rings is 5. The first-order valence-corrected chi connectivity index (χ1v) is 12.3. The first kappa shape index (κ1) is 20.8. The molecule has 7 rings (SSSR count). The predicted octanol–water partition coefficient (Wildman–Crippen LogP) is 9.19. The van der Waals surface area contributed by atoms with Gasteiger partial charge in [0, 0.05) is 34.5 Å². The molecule has 0 spiro atoms. The van der Waals surface area contributed by atoms with Gasteiger partial charge in [-0.15, -0.1) is 0 Å². The zero-order chi connectivity index (χ0) is 24.4. The van der Waals surface area contributed by atoms with Crippen molar-refractivity contribution in [1.82, 2.24) is 4.57 Å². The maximum absolute atomic E-state index is 6.32. The number of hydrogen-bond acceptors (Lipinski definition) is 2. The lowest BCUT2D eigenvalue weighted by molar-refractivity contribution is 0.476. The zero-order valence-corrected chi connectivity index (χ0v) is 20.6. The number of para-hydroxylation sites is 1. The summed E-state index contributed by atoms with van der Waals surface area (Å²) < 4.78 is 8.59. The molecule has 5 aromatic carbocycles. The summed E-state index contributed by atoms with van der Waals surface area (Å²) in [6, 6.07) is 37.1. The van der Waals surface area contributed by atoms with E-state index in [-0.39, 0.29) is 0 Å². The van der Waals surface area contributed by atoms with Crippen molar-refractivity contribution in [2.24, 2.45) is 7.05 Å². The lowest BCUT2D eigenvalue weighted by Crippen LogP contribution is -2.16. The summed E-state index contributed by atoms with van der Waals surface area (Å²) in [5, 5.41) is 2.58. The van der Waals surface area contributed by atoms with Crippen molar-refractivity contribution in [2.45, 2.75) is 13.8 Å². The molecule has 0 radical (unpaired) electrons. The minimum Gasteiger partial charge on any atom is -0.453 e. The quantitative estimate of drug-likeness (QED) is 0.253. The number of ether oxygens (including phenoxy) is 1. The molecular weight excluding hydrogens is 440 g/mol. The summed E-state index contributed by atoms with van der Waals surface area (Å²) in [6.45, 7) is 4.20. The van der Waals surface area contributed by atoms with Crippen LogP contribution in [0.3, 0.4) is 0 Å². The van der Waals surface area contributed by atoms with Crippen molar-refractivity contribution in [3.63, 3.8) is 0 Å². The summed E-state index contributed by atoms with van der Waals surface area (Å²) in [6.07, 6.45) is 0. The van der Waals surface area contributed by atoms with Gasteiger partial charge in [0.25, 0.3) is 0 Å². The lowest BCUT2D eigenvalue weighted by Gasteiger charge is -2.33. The van der Waals surface area contributed by atoms with Crippen LogP contribution >= 0.6 is 0 Å². The van der Waals surface area contributed by atoms with Gasteiger partial charge in [-0.25, -0.2) is 0 Å². The third kappa shape index (κ3) is 3.13. The number of anilines is 3. The molecule has 3 heteroatoms. The molecule has 1 aliphatic rings. The van der Waals surface area contributed by atoms with Crippen molar-refractivity contribution in [2.75, 3.05) is 4.90 Å². The molecule has 2 heterocycles. The minimum atomic E-state index is 0.888. The second-order valence-electron chi connectivity index (χ2n) is 9.73. The zero-order valence-electron chi connectivity index (χ0n) is 20.6. The standard InChI is InChI=1S/C33H26N2O/c1-21-8-15-30-32(18-21)36-33-19-22(2)9-16-31(33)35(30)25-13-10-23(11-14-25)24-12-17-29-27(20-24)26-6-4-5-7-28(26)34(29)3/h4-20H,1-3H3. The predicted molar refractivity (Wildman–Crippen MR) is 150 cm³/mol. The smallest absolute Gasteiger partial charge is 0.151 e. The van der Waals surface area contributed by atoms with E-state index in [0.29, 0.717) is 0 Å². The largest absolute Gasteiger partial charge is 0.453 e. The van der Waals surface area contributed by atoms with E-state index in [1.165, 1.54) is 44.1 Å². The van der Waals surface area contributed by atoms with Crippen LogP contribution in [0.15, 0.2) is 103 Å². The van der Waals surface area contributed by atoms with Crippen molar-refractivity contribution < 1.29 is 4.74 Å². The van der Waals surface area contributed by atoms with Crippen LogP contribution in [0.4, 0.5) is 17.1 Å². The maximum Gasteiger partial charge on any atom is 0.151 e. The molecule has 36 heavy (non-hydrogen) atoms. The van der Waals surface area contributed by atoms with E-state index in [9.17, 15) is 0 Å². The molecule has 0 saturated heterocycles. The van der Waals surface area contributed by atoms with Crippen LogP contribution in [-0.4, -0.2) is 4.57 Å². The number of fused-ring (bicyclic) bond motifs is 5. The van der Waals surface area contributed by atoms with Gasteiger partial charge in [0.1, 0.15) is 0 Å². The van der Waals surface area contributed by atoms with Crippen LogP contribution in [-0.2, 0) is 7.05 Å². The van der Waals surface area contributed by atoms with Crippen LogP contribution in [0, 0.1) is 13.8 Å². The van der Waals surface area contributed by atoms with Crippen LogP contribution in [0.25, 0.3) is 32.9 Å². The van der Waals surface area contributed by atoms with E-state index in [4.69, 9.17) is 4.74 Å². The Labute approximate surface area is 210 Å². The molecule has 3 nitrogen and oxygen atoms in total. The molecule has 6 aromatic rings. The molecule has 1 aliphatic heterocycles. The molecule has 0 atom stereocenters. The molecular formula is C33H26N2O. The topological polar surface area (TPSA) is 17.4 Å². The summed E-state index contributed by atoms with van der Waals surface area (Å²) in [4.78, 5) is 2.30. The van der Waals surface area contributed by atoms with Gasteiger partial charge in [-0.2, -0.15) is 0 Å². The van der Waals surface area contributed by atoms with Gasteiger partial charge in [0.15, 0.2) is 11.5 Å². The van der Waals surface area contributed by atoms with E-state index in [1.807, 2.05) is 0 Å². The second-order valence-corrected chi connectivity index (χ2v) is 9.73. The summed E-state index contributed by atoms with van der Waals surface area (Å²) >= 11 is 0. The Kier molecular flexibility index (Phi) is 4.49. The number of nitrogens with zero attached hydrogens (tertiary/aromatic N) is 2. The molecule has 0 aliphatic carbocycles. The molecule has 0 unspecified atom stereocenters. The average Bonchev–Trinajstić information content (AvgIpc) is 3.19. The monoisotopic (exact) mass is 466 g/mol. The van der Waals surface area contributed by atoms with Gasteiger partial charge in [0.2, 0.25) is 0 Å². The maximum atomic E-state index is 6.32. The van der Waals surface area contributed by atoms with Crippen molar-refractivity contribution >= 4 is 38.9 Å². The van der Waals surface area contributed by atoms with E-state index < -0.39 is 0 Å². The fourth-order valence-electron chi connectivity index (χ4n) is 5.45. The van der Waals surface area contributed by atoms with Crippen LogP contribution in [0.2, 0.25) is 0 Å². The second kappa shape index (κ2) is 7.76. The fraction of sp³-hybridized carbons (Fsp3) is 0.0909. The van der Waals surface area contributed by atoms with E-state index in [1.54, 1.807) is 0 Å².